The lowest BCUT2D eigenvalue weighted by atomic mass is 10.1. The molecule has 1 aliphatic rings. The highest BCUT2D eigenvalue weighted by atomic mass is 32.2. The second-order valence-corrected chi connectivity index (χ2v) is 7.78. The van der Waals surface area contributed by atoms with Crippen molar-refractivity contribution in [1.29, 1.82) is 0 Å². The molecule has 1 aliphatic heterocycles. The molecule has 0 aromatic heterocycles. The highest BCUT2D eigenvalue weighted by Gasteiger charge is 2.34. The van der Waals surface area contributed by atoms with Crippen molar-refractivity contribution >= 4 is 34.7 Å². The van der Waals surface area contributed by atoms with E-state index in [0.717, 1.165) is 35.9 Å². The van der Waals surface area contributed by atoms with E-state index < -0.39 is 0 Å². The molecule has 3 rings (SSSR count). The number of amides is 2. The molecule has 1 fully saturated rings. The zero-order valence-electron chi connectivity index (χ0n) is 16.2. The molecule has 5 heteroatoms. The van der Waals surface area contributed by atoms with Crippen LogP contribution in [0.25, 0.3) is 6.08 Å². The molecule has 0 atom stereocenters. The van der Waals surface area contributed by atoms with E-state index in [1.54, 1.807) is 6.08 Å². The molecule has 4 nitrogen and oxygen atoms in total. The SMILES string of the molecule is CN(C)c1ccc(/C=C/C=C2/SC(=O)N(CCCc3ccccc3)C2=O)cc1. The summed E-state index contributed by atoms with van der Waals surface area (Å²) < 4.78 is 0. The summed E-state index contributed by atoms with van der Waals surface area (Å²) in [6.07, 6.45) is 7.10. The molecule has 2 aromatic rings. The standard InChI is InChI=1S/C23H24N2O2S/c1-24(2)20-15-13-19(14-16-20)10-6-12-21-22(26)25(23(27)28-21)17-7-11-18-8-4-3-5-9-18/h3-6,8-10,12-16H,7,11,17H2,1-2H3/b10-6+,21-12+. The highest BCUT2D eigenvalue weighted by molar-refractivity contribution is 8.18. The van der Waals surface area contributed by atoms with Gasteiger partial charge in [-0.05, 0) is 53.9 Å². The van der Waals surface area contributed by atoms with Gasteiger partial charge in [0.25, 0.3) is 11.1 Å². The number of hydrogen-bond donors (Lipinski definition) is 0. The minimum absolute atomic E-state index is 0.187. The Kier molecular flexibility index (Phi) is 6.71. The molecule has 1 saturated heterocycles. The van der Waals surface area contributed by atoms with Gasteiger partial charge in [0.1, 0.15) is 0 Å². The van der Waals surface area contributed by atoms with Gasteiger partial charge in [-0.1, -0.05) is 54.6 Å². The van der Waals surface area contributed by atoms with E-state index in [1.807, 2.05) is 73.6 Å². The zero-order valence-corrected chi connectivity index (χ0v) is 17.0. The zero-order chi connectivity index (χ0) is 19.9. The Morgan fingerprint density at radius 3 is 2.39 bits per heavy atom. The van der Waals surface area contributed by atoms with E-state index in [-0.39, 0.29) is 11.1 Å². The largest absolute Gasteiger partial charge is 0.378 e. The van der Waals surface area contributed by atoms with Gasteiger partial charge < -0.3 is 4.90 Å². The van der Waals surface area contributed by atoms with Crippen LogP contribution in [0.4, 0.5) is 10.5 Å². The van der Waals surface area contributed by atoms with Crippen LogP contribution in [0.5, 0.6) is 0 Å². The molecule has 144 valence electrons. The minimum Gasteiger partial charge on any atom is -0.378 e. The fourth-order valence-electron chi connectivity index (χ4n) is 2.92. The van der Waals surface area contributed by atoms with Crippen molar-refractivity contribution in [2.24, 2.45) is 0 Å². The van der Waals surface area contributed by atoms with Gasteiger partial charge >= 0.3 is 0 Å². The summed E-state index contributed by atoms with van der Waals surface area (Å²) in [5.74, 6) is -0.198. The Morgan fingerprint density at radius 2 is 1.71 bits per heavy atom. The van der Waals surface area contributed by atoms with Crippen LogP contribution in [0.3, 0.4) is 0 Å². The van der Waals surface area contributed by atoms with Crippen LogP contribution in [0.2, 0.25) is 0 Å². The highest BCUT2D eigenvalue weighted by Crippen LogP contribution is 2.30. The fraction of sp³-hybridized carbons (Fsp3) is 0.217. The summed E-state index contributed by atoms with van der Waals surface area (Å²) >= 11 is 1.01. The van der Waals surface area contributed by atoms with E-state index in [4.69, 9.17) is 0 Å². The lowest BCUT2D eigenvalue weighted by molar-refractivity contribution is -0.122. The average Bonchev–Trinajstić information content (AvgIpc) is 2.97. The molecule has 28 heavy (non-hydrogen) atoms. The molecule has 0 bridgehead atoms. The van der Waals surface area contributed by atoms with Crippen LogP contribution in [-0.4, -0.2) is 36.7 Å². The van der Waals surface area contributed by atoms with Crippen molar-refractivity contribution in [2.45, 2.75) is 12.8 Å². The molecule has 0 aliphatic carbocycles. The van der Waals surface area contributed by atoms with E-state index in [2.05, 4.69) is 12.1 Å². The summed E-state index contributed by atoms with van der Waals surface area (Å²) in [6, 6.07) is 18.2. The number of aryl methyl sites for hydroxylation is 1. The first-order valence-corrected chi connectivity index (χ1v) is 10.1. The van der Waals surface area contributed by atoms with E-state index in [1.165, 1.54) is 10.5 Å². The average molecular weight is 393 g/mol. The van der Waals surface area contributed by atoms with Gasteiger partial charge in [-0.15, -0.1) is 0 Å². The maximum absolute atomic E-state index is 12.5. The van der Waals surface area contributed by atoms with Gasteiger partial charge in [0, 0.05) is 26.3 Å². The number of allylic oxidation sites excluding steroid dienone is 2. The van der Waals surface area contributed by atoms with Gasteiger partial charge in [0.2, 0.25) is 0 Å². The second kappa shape index (κ2) is 9.42. The predicted molar refractivity (Wildman–Crippen MR) is 117 cm³/mol. The lowest BCUT2D eigenvalue weighted by Crippen LogP contribution is -2.29. The summed E-state index contributed by atoms with van der Waals surface area (Å²) in [5.41, 5.74) is 3.39. The number of rotatable bonds is 7. The van der Waals surface area contributed by atoms with Crippen LogP contribution in [0, 0.1) is 0 Å². The van der Waals surface area contributed by atoms with Crippen molar-refractivity contribution < 1.29 is 9.59 Å². The van der Waals surface area contributed by atoms with Crippen molar-refractivity contribution in [3.63, 3.8) is 0 Å². The first-order chi connectivity index (χ1) is 13.5. The quantitative estimate of drug-likeness (QED) is 0.623. The predicted octanol–water partition coefficient (Wildman–Crippen LogP) is 4.98. The smallest absolute Gasteiger partial charge is 0.293 e. The van der Waals surface area contributed by atoms with Crippen LogP contribution >= 0.6 is 11.8 Å². The molecule has 0 spiro atoms. The van der Waals surface area contributed by atoms with Gasteiger partial charge in [-0.2, -0.15) is 0 Å². The number of carbonyl (C=O) groups is 2. The monoisotopic (exact) mass is 392 g/mol. The van der Waals surface area contributed by atoms with Crippen molar-refractivity contribution in [3.05, 3.63) is 82.8 Å². The van der Waals surface area contributed by atoms with Crippen LogP contribution < -0.4 is 4.90 Å². The number of thioether (sulfide) groups is 1. The molecular formula is C23H24N2O2S. The van der Waals surface area contributed by atoms with Gasteiger partial charge in [-0.3, -0.25) is 14.5 Å². The van der Waals surface area contributed by atoms with Gasteiger partial charge in [0.15, 0.2) is 0 Å². The normalized spacial score (nSPS) is 15.8. The lowest BCUT2D eigenvalue weighted by Gasteiger charge is -2.12. The summed E-state index contributed by atoms with van der Waals surface area (Å²) in [6.45, 7) is 0.451. The molecule has 2 aromatic carbocycles. The maximum Gasteiger partial charge on any atom is 0.293 e. The maximum atomic E-state index is 12.5. The summed E-state index contributed by atoms with van der Waals surface area (Å²) in [7, 11) is 4.00. The Morgan fingerprint density at radius 1 is 1.00 bits per heavy atom. The second-order valence-electron chi connectivity index (χ2n) is 6.79. The van der Waals surface area contributed by atoms with E-state index in [0.29, 0.717) is 11.4 Å². The number of nitrogens with zero attached hydrogens (tertiary/aromatic N) is 2. The first-order valence-electron chi connectivity index (χ1n) is 9.28. The number of benzene rings is 2. The third kappa shape index (κ3) is 5.14. The summed E-state index contributed by atoms with van der Waals surface area (Å²) in [4.78, 5) is 28.5. The van der Waals surface area contributed by atoms with Crippen molar-refractivity contribution in [1.82, 2.24) is 4.90 Å². The Hall–Kier alpha value is -2.79. The molecule has 0 N–H and O–H groups in total. The molecule has 2 amide bonds. The van der Waals surface area contributed by atoms with E-state index >= 15 is 0 Å². The van der Waals surface area contributed by atoms with Crippen LogP contribution in [-0.2, 0) is 11.2 Å². The number of hydrogen-bond acceptors (Lipinski definition) is 4. The first kappa shape index (κ1) is 20.0. The molecular weight excluding hydrogens is 368 g/mol. The van der Waals surface area contributed by atoms with Crippen molar-refractivity contribution in [3.8, 4) is 0 Å². The molecule has 0 unspecified atom stereocenters. The third-order valence-corrected chi connectivity index (χ3v) is 5.43. The van der Waals surface area contributed by atoms with Crippen LogP contribution in [0.1, 0.15) is 17.5 Å². The third-order valence-electron chi connectivity index (χ3n) is 4.51. The molecule has 0 radical (unpaired) electrons. The molecule has 1 heterocycles. The minimum atomic E-state index is -0.198. The van der Waals surface area contributed by atoms with Gasteiger partial charge in [-0.25, -0.2) is 0 Å². The number of carbonyl (C=O) groups excluding carboxylic acids is 2. The van der Waals surface area contributed by atoms with Crippen LogP contribution in [0.15, 0.2) is 71.7 Å². The summed E-state index contributed by atoms with van der Waals surface area (Å²) in [5, 5.41) is -0.187. The Bertz CT molecular complexity index is 887. The Balaban J connectivity index is 1.56. The van der Waals surface area contributed by atoms with E-state index in [9.17, 15) is 9.59 Å². The van der Waals surface area contributed by atoms with Gasteiger partial charge in [0.05, 0.1) is 4.91 Å². The molecule has 0 saturated carbocycles. The topological polar surface area (TPSA) is 40.6 Å². The fourth-order valence-corrected chi connectivity index (χ4v) is 3.74. The van der Waals surface area contributed by atoms with Crippen molar-refractivity contribution in [2.75, 3.05) is 25.5 Å². The Labute approximate surface area is 170 Å². The number of anilines is 1. The number of imide groups is 1.